The van der Waals surface area contributed by atoms with Crippen molar-refractivity contribution in [2.24, 2.45) is 59.2 Å². The molecule has 11 rings (SSSR count). The minimum absolute atomic E-state index is 0.913. The summed E-state index contributed by atoms with van der Waals surface area (Å²) in [7, 11) is 0. The molecule has 14 unspecified atom stereocenters. The highest BCUT2D eigenvalue weighted by molar-refractivity contribution is 8.02. The fourth-order valence-electron chi connectivity index (χ4n) is 17.3. The zero-order valence-electron chi connectivity index (χ0n) is 33.1. The van der Waals surface area contributed by atoms with Crippen LogP contribution in [-0.2, 0) is 0 Å². The minimum atomic E-state index is 0.913. The van der Waals surface area contributed by atoms with Gasteiger partial charge < -0.3 is 0 Å². The molecule has 8 aliphatic carbocycles. The van der Waals surface area contributed by atoms with Crippen LogP contribution in [0.3, 0.4) is 0 Å². The molecule has 52 heavy (non-hydrogen) atoms. The zero-order valence-corrected chi connectivity index (χ0v) is 35.6. The summed E-state index contributed by atoms with van der Waals surface area (Å²) in [6, 6.07) is 2.74. The average molecular weight is 764 g/mol. The number of fused-ring (bicyclic) bond motifs is 10. The Bertz CT molecular complexity index is 1200. The first-order valence-electron chi connectivity index (χ1n) is 24.5. The molecule has 4 heteroatoms. The molecular formula is C48H77NS3. The van der Waals surface area contributed by atoms with Crippen LogP contribution >= 0.6 is 35.3 Å². The zero-order chi connectivity index (χ0) is 34.2. The minimum Gasteiger partial charge on any atom is -0.293 e. The van der Waals surface area contributed by atoms with Crippen molar-refractivity contribution in [1.29, 1.82) is 0 Å². The van der Waals surface area contributed by atoms with Crippen LogP contribution in [0.15, 0.2) is 0 Å². The lowest BCUT2D eigenvalue weighted by Crippen LogP contribution is -2.57. The van der Waals surface area contributed by atoms with Gasteiger partial charge in [-0.15, -0.1) is 0 Å². The largest absolute Gasteiger partial charge is 0.293 e. The first-order valence-corrected chi connectivity index (χ1v) is 27.3. The van der Waals surface area contributed by atoms with E-state index in [0.29, 0.717) is 0 Å². The van der Waals surface area contributed by atoms with Crippen molar-refractivity contribution in [3.63, 3.8) is 0 Å². The van der Waals surface area contributed by atoms with Gasteiger partial charge in [-0.05, 0) is 181 Å². The highest BCUT2D eigenvalue weighted by Crippen LogP contribution is 2.65. The molecule has 0 aromatic heterocycles. The van der Waals surface area contributed by atoms with Crippen LogP contribution in [-0.4, -0.2) is 54.5 Å². The van der Waals surface area contributed by atoms with Gasteiger partial charge in [0.05, 0.1) is 0 Å². The van der Waals surface area contributed by atoms with Gasteiger partial charge in [0, 0.05) is 49.6 Å². The van der Waals surface area contributed by atoms with Crippen LogP contribution in [0.5, 0.6) is 0 Å². The molecule has 1 nitrogen and oxygen atoms in total. The molecule has 11 fully saturated rings. The van der Waals surface area contributed by atoms with Crippen molar-refractivity contribution in [3.05, 3.63) is 0 Å². The van der Waals surface area contributed by atoms with Gasteiger partial charge in [0.25, 0.3) is 0 Å². The number of thioether (sulfide) groups is 3. The summed E-state index contributed by atoms with van der Waals surface area (Å²) in [5.41, 5.74) is 0. The van der Waals surface area contributed by atoms with Crippen LogP contribution < -0.4 is 0 Å². The second-order valence-corrected chi connectivity index (χ2v) is 25.9. The molecule has 0 radical (unpaired) electrons. The van der Waals surface area contributed by atoms with Crippen molar-refractivity contribution in [1.82, 2.24) is 4.90 Å². The summed E-state index contributed by atoms with van der Waals surface area (Å²) in [6.07, 6.45) is 45.4. The Morgan fingerprint density at radius 2 is 0.846 bits per heavy atom. The third kappa shape index (κ3) is 6.60. The molecular weight excluding hydrogens is 687 g/mol. The summed E-state index contributed by atoms with van der Waals surface area (Å²) >= 11 is 7.69. The molecule has 3 heterocycles. The third-order valence-electron chi connectivity index (χ3n) is 19.5. The summed E-state index contributed by atoms with van der Waals surface area (Å²) < 4.78 is 0. The molecule has 8 saturated carbocycles. The Labute approximate surface area is 333 Å². The molecule has 0 amide bonds. The summed E-state index contributed by atoms with van der Waals surface area (Å²) in [4.78, 5) is 3.45. The predicted molar refractivity (Wildman–Crippen MR) is 227 cm³/mol. The second kappa shape index (κ2) is 15.6. The quantitative estimate of drug-likeness (QED) is 0.274. The fraction of sp³-hybridized carbons (Fsp3) is 1.00. The van der Waals surface area contributed by atoms with E-state index in [1.165, 1.54) is 32.1 Å². The normalized spacial score (nSPS) is 53.7. The van der Waals surface area contributed by atoms with E-state index in [-0.39, 0.29) is 0 Å². The Balaban J connectivity index is 0.809. The topological polar surface area (TPSA) is 3.24 Å². The SMILES string of the molecule is C1CCC(C2CCC(N(C3CCC(C4CCC5SC6CCCCC6C5C4)CC3)C3CCCC4C5CCC6SC7CCCCC7C6C5SC43)CC2)CC1. The number of hydrogen-bond donors (Lipinski definition) is 0. The standard InChI is InChI=1S/C48H77NS3/c1-2-9-30(10-3-1)31-17-22-34(23-18-31)49(35-24-19-32(20-25-35)33-21-27-44-40(29-33)36-11-4-6-15-42(36)50-44)41-14-8-13-37-38-26-28-45-46(48(38)52-47(37)41)39-12-5-7-16-43(39)51-45/h30-48H,1-29H2. The van der Waals surface area contributed by atoms with Crippen LogP contribution in [0, 0.1) is 59.2 Å². The van der Waals surface area contributed by atoms with Gasteiger partial charge >= 0.3 is 0 Å². The monoisotopic (exact) mass is 764 g/mol. The van der Waals surface area contributed by atoms with E-state index in [1.54, 1.807) is 154 Å². The van der Waals surface area contributed by atoms with Crippen LogP contribution in [0.1, 0.15) is 186 Å². The average Bonchev–Trinajstić information content (AvgIpc) is 3.90. The summed E-state index contributed by atoms with van der Waals surface area (Å²) in [5, 5.41) is 6.18. The Hall–Kier alpha value is 1.01. The first kappa shape index (κ1) is 36.1. The maximum atomic E-state index is 3.45. The maximum Gasteiger partial charge on any atom is 0.0237 e. The van der Waals surface area contributed by atoms with E-state index >= 15 is 0 Å². The highest BCUT2D eigenvalue weighted by atomic mass is 32.2. The van der Waals surface area contributed by atoms with Crippen LogP contribution in [0.2, 0.25) is 0 Å². The van der Waals surface area contributed by atoms with Crippen molar-refractivity contribution < 1.29 is 0 Å². The third-order valence-corrected chi connectivity index (χ3v) is 25.2. The van der Waals surface area contributed by atoms with E-state index in [1.807, 2.05) is 0 Å². The van der Waals surface area contributed by atoms with Gasteiger partial charge in [0.15, 0.2) is 0 Å². The molecule has 3 saturated heterocycles. The molecule has 11 aliphatic rings. The molecule has 0 aromatic carbocycles. The Morgan fingerprint density at radius 3 is 1.62 bits per heavy atom. The van der Waals surface area contributed by atoms with Gasteiger partial charge in [-0.3, -0.25) is 4.90 Å². The summed E-state index contributed by atoms with van der Waals surface area (Å²) in [6.45, 7) is 0. The maximum absolute atomic E-state index is 3.45. The van der Waals surface area contributed by atoms with Gasteiger partial charge in [-0.2, -0.15) is 35.3 Å². The Kier molecular flexibility index (Phi) is 10.9. The molecule has 0 bridgehead atoms. The van der Waals surface area contributed by atoms with Crippen molar-refractivity contribution in [3.8, 4) is 0 Å². The lowest BCUT2D eigenvalue weighted by atomic mass is 9.64. The first-order chi connectivity index (χ1) is 25.8. The van der Waals surface area contributed by atoms with Gasteiger partial charge in [-0.25, -0.2) is 0 Å². The predicted octanol–water partition coefficient (Wildman–Crippen LogP) is 13.4. The molecule has 0 spiro atoms. The van der Waals surface area contributed by atoms with E-state index in [0.717, 1.165) is 109 Å². The van der Waals surface area contributed by atoms with Crippen LogP contribution in [0.25, 0.3) is 0 Å². The van der Waals surface area contributed by atoms with Gasteiger partial charge in [-0.1, -0.05) is 64.2 Å². The Morgan fingerprint density at radius 1 is 0.308 bits per heavy atom. The number of rotatable bonds is 5. The molecule has 14 atom stereocenters. The molecule has 0 aromatic rings. The fourth-order valence-corrected chi connectivity index (χ4v) is 24.0. The molecule has 292 valence electrons. The molecule has 3 aliphatic heterocycles. The number of hydrogen-bond acceptors (Lipinski definition) is 4. The van der Waals surface area contributed by atoms with E-state index in [9.17, 15) is 0 Å². The van der Waals surface area contributed by atoms with E-state index in [2.05, 4.69) is 40.2 Å². The summed E-state index contributed by atoms with van der Waals surface area (Å²) in [5.74, 6) is 10.8. The van der Waals surface area contributed by atoms with Gasteiger partial charge in [0.2, 0.25) is 0 Å². The van der Waals surface area contributed by atoms with Crippen LogP contribution in [0.4, 0.5) is 0 Å². The lowest BCUT2D eigenvalue weighted by Gasteiger charge is -2.52. The van der Waals surface area contributed by atoms with Crippen molar-refractivity contribution >= 4 is 35.3 Å². The van der Waals surface area contributed by atoms with Crippen molar-refractivity contribution in [2.75, 3.05) is 0 Å². The van der Waals surface area contributed by atoms with Gasteiger partial charge in [0.1, 0.15) is 0 Å². The second-order valence-electron chi connectivity index (χ2n) is 21.6. The number of nitrogens with zero attached hydrogens (tertiary/aromatic N) is 1. The van der Waals surface area contributed by atoms with E-state index < -0.39 is 0 Å². The highest BCUT2D eigenvalue weighted by Gasteiger charge is 2.60. The molecule has 0 N–H and O–H groups in total. The lowest BCUT2D eigenvalue weighted by molar-refractivity contribution is -0.0112. The smallest absolute Gasteiger partial charge is 0.0237 e. The van der Waals surface area contributed by atoms with E-state index in [4.69, 9.17) is 0 Å². The van der Waals surface area contributed by atoms with Crippen molar-refractivity contribution in [2.45, 2.75) is 236 Å².